The van der Waals surface area contributed by atoms with Crippen molar-refractivity contribution in [3.05, 3.63) is 60.2 Å². The molecule has 0 aliphatic carbocycles. The molecule has 0 fully saturated rings. The molecule has 3 nitrogen and oxygen atoms in total. The number of rotatable bonds is 2. The molecule has 79 valence electrons. The fourth-order valence-electron chi connectivity index (χ4n) is 1.36. The van der Waals surface area contributed by atoms with Gasteiger partial charge in [-0.3, -0.25) is 4.79 Å². The van der Waals surface area contributed by atoms with Crippen LogP contribution in [0.5, 0.6) is 0 Å². The van der Waals surface area contributed by atoms with Gasteiger partial charge in [-0.05, 0) is 36.4 Å². The van der Waals surface area contributed by atoms with Gasteiger partial charge in [0.05, 0.1) is 0 Å². The van der Waals surface area contributed by atoms with Crippen LogP contribution in [0.1, 0.15) is 10.4 Å². The van der Waals surface area contributed by atoms with E-state index in [-0.39, 0.29) is 5.91 Å². The molecular formula is C13H11N2O. The highest BCUT2D eigenvalue weighted by atomic mass is 16.1. The van der Waals surface area contributed by atoms with Crippen molar-refractivity contribution in [3.63, 3.8) is 0 Å². The number of nitrogen functional groups attached to an aromatic ring is 1. The van der Waals surface area contributed by atoms with Crippen LogP contribution in [-0.4, -0.2) is 5.91 Å². The van der Waals surface area contributed by atoms with Gasteiger partial charge in [0.15, 0.2) is 0 Å². The van der Waals surface area contributed by atoms with Gasteiger partial charge in [0.2, 0.25) is 0 Å². The number of hydrogen-bond donors (Lipinski definition) is 2. The minimum Gasteiger partial charge on any atom is -0.399 e. The fraction of sp³-hybridized carbons (Fsp3) is 0. The largest absolute Gasteiger partial charge is 0.399 e. The van der Waals surface area contributed by atoms with Gasteiger partial charge in [-0.1, -0.05) is 18.2 Å². The lowest BCUT2D eigenvalue weighted by molar-refractivity contribution is 0.102. The molecule has 0 aliphatic rings. The summed E-state index contributed by atoms with van der Waals surface area (Å²) in [7, 11) is 0. The maximum absolute atomic E-state index is 11.8. The summed E-state index contributed by atoms with van der Waals surface area (Å²) in [4.78, 5) is 11.8. The zero-order chi connectivity index (χ0) is 11.4. The van der Waals surface area contributed by atoms with Crippen molar-refractivity contribution in [2.24, 2.45) is 0 Å². The number of amides is 1. The van der Waals surface area contributed by atoms with Crippen LogP contribution in [0.4, 0.5) is 11.4 Å². The normalized spacial score (nSPS) is 9.75. The number of carbonyl (C=O) groups excluding carboxylic acids is 1. The van der Waals surface area contributed by atoms with Crippen LogP contribution in [0.15, 0.2) is 48.5 Å². The molecular weight excluding hydrogens is 200 g/mol. The van der Waals surface area contributed by atoms with Crippen molar-refractivity contribution in [3.8, 4) is 0 Å². The van der Waals surface area contributed by atoms with E-state index in [0.29, 0.717) is 16.9 Å². The maximum atomic E-state index is 11.8. The molecule has 0 saturated carbocycles. The molecule has 2 aromatic carbocycles. The van der Waals surface area contributed by atoms with Gasteiger partial charge in [-0.25, -0.2) is 0 Å². The first kappa shape index (κ1) is 10.2. The lowest BCUT2D eigenvalue weighted by Gasteiger charge is -2.05. The molecule has 0 aliphatic heterocycles. The van der Waals surface area contributed by atoms with E-state index >= 15 is 0 Å². The molecule has 3 heteroatoms. The van der Waals surface area contributed by atoms with Crippen LogP contribution in [0.3, 0.4) is 0 Å². The predicted molar refractivity (Wildman–Crippen MR) is 64.1 cm³/mol. The van der Waals surface area contributed by atoms with Crippen molar-refractivity contribution >= 4 is 17.3 Å². The average Bonchev–Trinajstić information content (AvgIpc) is 2.30. The topological polar surface area (TPSA) is 55.1 Å². The minimum atomic E-state index is -0.153. The zero-order valence-corrected chi connectivity index (χ0v) is 8.60. The maximum Gasteiger partial charge on any atom is 0.255 e. The second-order valence-corrected chi connectivity index (χ2v) is 3.37. The quantitative estimate of drug-likeness (QED) is 0.749. The molecule has 2 aromatic rings. The first-order chi connectivity index (χ1) is 7.75. The summed E-state index contributed by atoms with van der Waals surface area (Å²) in [6.07, 6.45) is 0. The van der Waals surface area contributed by atoms with Crippen LogP contribution in [0.25, 0.3) is 0 Å². The highest BCUT2D eigenvalue weighted by Crippen LogP contribution is 2.13. The van der Waals surface area contributed by atoms with Crippen LogP contribution in [0.2, 0.25) is 0 Å². The van der Waals surface area contributed by atoms with E-state index in [2.05, 4.69) is 11.4 Å². The van der Waals surface area contributed by atoms with E-state index in [1.807, 2.05) is 0 Å². The lowest BCUT2D eigenvalue weighted by atomic mass is 10.2. The molecule has 1 radical (unpaired) electrons. The van der Waals surface area contributed by atoms with E-state index in [4.69, 9.17) is 5.73 Å². The number of hydrogen-bond acceptors (Lipinski definition) is 2. The summed E-state index contributed by atoms with van der Waals surface area (Å²) in [6.45, 7) is 0. The molecule has 0 unspecified atom stereocenters. The van der Waals surface area contributed by atoms with Gasteiger partial charge in [-0.2, -0.15) is 0 Å². The second kappa shape index (κ2) is 4.49. The summed E-state index contributed by atoms with van der Waals surface area (Å²) in [5.74, 6) is -0.153. The van der Waals surface area contributed by atoms with E-state index < -0.39 is 0 Å². The molecule has 3 N–H and O–H groups in total. The molecule has 2 rings (SSSR count). The molecule has 0 saturated heterocycles. The first-order valence-corrected chi connectivity index (χ1v) is 4.89. The Balaban J connectivity index is 2.14. The Labute approximate surface area is 93.9 Å². The first-order valence-electron chi connectivity index (χ1n) is 4.89. The van der Waals surface area contributed by atoms with E-state index in [1.54, 1.807) is 48.5 Å². The highest BCUT2D eigenvalue weighted by Gasteiger charge is 2.04. The third-order valence-corrected chi connectivity index (χ3v) is 2.12. The third kappa shape index (κ3) is 2.39. The third-order valence-electron chi connectivity index (χ3n) is 2.12. The van der Waals surface area contributed by atoms with Gasteiger partial charge in [0, 0.05) is 16.9 Å². The summed E-state index contributed by atoms with van der Waals surface area (Å²) in [5.41, 5.74) is 7.53. The molecule has 16 heavy (non-hydrogen) atoms. The van der Waals surface area contributed by atoms with Crippen molar-refractivity contribution in [1.29, 1.82) is 0 Å². The van der Waals surface area contributed by atoms with Crippen molar-refractivity contribution in [2.45, 2.75) is 0 Å². The molecule has 0 bridgehead atoms. The average molecular weight is 211 g/mol. The SMILES string of the molecule is Nc1cccc(NC(=O)c2cc[c]cc2)c1. The Hall–Kier alpha value is -2.29. The van der Waals surface area contributed by atoms with E-state index in [1.165, 1.54) is 0 Å². The number of benzene rings is 2. The van der Waals surface area contributed by atoms with Crippen LogP contribution >= 0.6 is 0 Å². The molecule has 0 aromatic heterocycles. The van der Waals surface area contributed by atoms with Crippen LogP contribution in [-0.2, 0) is 0 Å². The van der Waals surface area contributed by atoms with Gasteiger partial charge in [-0.15, -0.1) is 0 Å². The molecule has 1 amide bonds. The summed E-state index contributed by atoms with van der Waals surface area (Å²) >= 11 is 0. The predicted octanol–water partition coefficient (Wildman–Crippen LogP) is 2.32. The van der Waals surface area contributed by atoms with Crippen molar-refractivity contribution in [2.75, 3.05) is 11.1 Å². The smallest absolute Gasteiger partial charge is 0.255 e. The minimum absolute atomic E-state index is 0.153. The summed E-state index contributed by atoms with van der Waals surface area (Å²) in [5, 5.41) is 2.77. The van der Waals surface area contributed by atoms with Crippen molar-refractivity contribution in [1.82, 2.24) is 0 Å². The highest BCUT2D eigenvalue weighted by molar-refractivity contribution is 6.04. The molecule has 0 atom stereocenters. The number of nitrogens with one attached hydrogen (secondary N) is 1. The Morgan fingerprint density at radius 3 is 2.62 bits per heavy atom. The van der Waals surface area contributed by atoms with Gasteiger partial charge < -0.3 is 11.1 Å². The zero-order valence-electron chi connectivity index (χ0n) is 8.60. The van der Waals surface area contributed by atoms with Gasteiger partial charge in [0.25, 0.3) is 5.91 Å². The van der Waals surface area contributed by atoms with Crippen molar-refractivity contribution < 1.29 is 4.79 Å². The number of anilines is 2. The number of nitrogens with two attached hydrogens (primary N) is 1. The summed E-state index contributed by atoms with van der Waals surface area (Å²) in [6, 6.07) is 16.8. The van der Waals surface area contributed by atoms with Crippen LogP contribution < -0.4 is 11.1 Å². The Morgan fingerprint density at radius 2 is 1.94 bits per heavy atom. The molecule has 0 spiro atoms. The van der Waals surface area contributed by atoms with E-state index in [9.17, 15) is 4.79 Å². The standard InChI is InChI=1S/C13H11N2O/c14-11-7-4-8-12(9-11)15-13(16)10-5-2-1-3-6-10/h2-9H,14H2,(H,15,16). The Morgan fingerprint density at radius 1 is 1.19 bits per heavy atom. The summed E-state index contributed by atoms with van der Waals surface area (Å²) < 4.78 is 0. The van der Waals surface area contributed by atoms with Crippen LogP contribution in [0, 0.1) is 6.07 Å². The number of carbonyl (C=O) groups is 1. The van der Waals surface area contributed by atoms with Gasteiger partial charge in [0.1, 0.15) is 0 Å². The van der Waals surface area contributed by atoms with E-state index in [0.717, 1.165) is 0 Å². The second-order valence-electron chi connectivity index (χ2n) is 3.37. The molecule has 0 heterocycles. The monoisotopic (exact) mass is 211 g/mol. The fourth-order valence-corrected chi connectivity index (χ4v) is 1.36. The Bertz CT molecular complexity index is 494. The Kier molecular flexibility index (Phi) is 2.87. The lowest BCUT2D eigenvalue weighted by Crippen LogP contribution is -2.11. The van der Waals surface area contributed by atoms with Gasteiger partial charge >= 0.3 is 0 Å².